The fraction of sp³-hybridized carbons (Fsp3) is 0.167. The average Bonchev–Trinajstić information content (AvgIpc) is 3.37. The van der Waals surface area contributed by atoms with Crippen molar-refractivity contribution in [2.75, 3.05) is 5.75 Å². The van der Waals surface area contributed by atoms with Gasteiger partial charge in [-0.05, 0) is 30.5 Å². The van der Waals surface area contributed by atoms with E-state index < -0.39 is 0 Å². The van der Waals surface area contributed by atoms with Crippen LogP contribution in [0, 0.1) is 6.92 Å². The SMILES string of the molecule is Cc1nc(-c2cccs2)sc1CNC(=O)CSc1nc2ccccc2s1. The predicted octanol–water partition coefficient (Wildman–Crippen LogP) is 5.20. The third-order valence-corrected chi connectivity index (χ3v) is 8.05. The monoisotopic (exact) mass is 417 g/mol. The van der Waals surface area contributed by atoms with E-state index in [0.717, 1.165) is 30.1 Å². The van der Waals surface area contributed by atoms with E-state index in [-0.39, 0.29) is 5.91 Å². The van der Waals surface area contributed by atoms with Gasteiger partial charge in [0.2, 0.25) is 5.91 Å². The molecule has 0 unspecified atom stereocenters. The highest BCUT2D eigenvalue weighted by atomic mass is 32.2. The molecule has 4 nitrogen and oxygen atoms in total. The molecule has 0 radical (unpaired) electrons. The van der Waals surface area contributed by atoms with Crippen molar-refractivity contribution in [3.05, 3.63) is 52.3 Å². The van der Waals surface area contributed by atoms with Gasteiger partial charge in [-0.25, -0.2) is 9.97 Å². The molecule has 4 aromatic rings. The van der Waals surface area contributed by atoms with Crippen LogP contribution in [-0.2, 0) is 11.3 Å². The number of hydrogen-bond donors (Lipinski definition) is 1. The van der Waals surface area contributed by atoms with Crippen molar-refractivity contribution in [1.29, 1.82) is 0 Å². The van der Waals surface area contributed by atoms with Crippen LogP contribution >= 0.6 is 45.8 Å². The second-order valence-corrected chi connectivity index (χ2v) is 9.80. The number of benzene rings is 1. The van der Waals surface area contributed by atoms with Crippen molar-refractivity contribution < 1.29 is 4.79 Å². The Hall–Kier alpha value is -1.74. The van der Waals surface area contributed by atoms with Crippen molar-refractivity contribution in [1.82, 2.24) is 15.3 Å². The highest BCUT2D eigenvalue weighted by Crippen LogP contribution is 2.31. The smallest absolute Gasteiger partial charge is 0.230 e. The molecule has 0 aliphatic heterocycles. The van der Waals surface area contributed by atoms with Gasteiger partial charge in [0, 0.05) is 4.88 Å². The molecular formula is C18H15N3OS4. The molecule has 1 amide bonds. The lowest BCUT2D eigenvalue weighted by molar-refractivity contribution is -0.118. The van der Waals surface area contributed by atoms with Crippen molar-refractivity contribution in [2.24, 2.45) is 0 Å². The molecule has 0 spiro atoms. The lowest BCUT2D eigenvalue weighted by Crippen LogP contribution is -2.24. The Morgan fingerprint density at radius 3 is 2.85 bits per heavy atom. The minimum atomic E-state index is 0.0136. The summed E-state index contributed by atoms with van der Waals surface area (Å²) in [6, 6.07) is 12.1. The minimum Gasteiger partial charge on any atom is -0.350 e. The number of fused-ring (bicyclic) bond motifs is 1. The number of hydrogen-bond acceptors (Lipinski definition) is 7. The zero-order valence-corrected chi connectivity index (χ0v) is 17.2. The number of amides is 1. The highest BCUT2D eigenvalue weighted by molar-refractivity contribution is 8.01. The van der Waals surface area contributed by atoms with Gasteiger partial charge in [0.15, 0.2) is 4.34 Å². The first-order chi connectivity index (χ1) is 12.7. The molecule has 0 fully saturated rings. The summed E-state index contributed by atoms with van der Waals surface area (Å²) in [4.78, 5) is 23.6. The van der Waals surface area contributed by atoms with E-state index >= 15 is 0 Å². The van der Waals surface area contributed by atoms with Crippen molar-refractivity contribution >= 4 is 61.9 Å². The topological polar surface area (TPSA) is 54.9 Å². The van der Waals surface area contributed by atoms with Gasteiger partial charge >= 0.3 is 0 Å². The standard InChI is InChI=1S/C18H15N3OS4/c1-11-15(25-17(20-11)14-7-4-8-23-14)9-19-16(22)10-24-18-21-12-5-2-3-6-13(12)26-18/h2-8H,9-10H2,1H3,(H,19,22). The Morgan fingerprint density at radius 2 is 2.04 bits per heavy atom. The van der Waals surface area contributed by atoms with E-state index in [4.69, 9.17) is 0 Å². The van der Waals surface area contributed by atoms with Crippen LogP contribution in [0.4, 0.5) is 0 Å². The maximum atomic E-state index is 12.2. The van der Waals surface area contributed by atoms with Crippen LogP contribution < -0.4 is 5.32 Å². The van der Waals surface area contributed by atoms with Crippen molar-refractivity contribution in [2.45, 2.75) is 17.8 Å². The van der Waals surface area contributed by atoms with E-state index in [1.165, 1.54) is 16.6 Å². The minimum absolute atomic E-state index is 0.0136. The summed E-state index contributed by atoms with van der Waals surface area (Å²) in [6.07, 6.45) is 0. The lowest BCUT2D eigenvalue weighted by Gasteiger charge is -2.02. The van der Waals surface area contributed by atoms with E-state index in [9.17, 15) is 4.79 Å². The average molecular weight is 418 g/mol. The van der Waals surface area contributed by atoms with Gasteiger partial charge in [-0.2, -0.15) is 0 Å². The summed E-state index contributed by atoms with van der Waals surface area (Å²) in [6.45, 7) is 2.51. The molecule has 0 atom stereocenters. The number of nitrogens with zero attached hydrogens (tertiary/aromatic N) is 2. The number of rotatable bonds is 6. The molecule has 4 rings (SSSR count). The van der Waals surface area contributed by atoms with Crippen LogP contribution in [0.5, 0.6) is 0 Å². The fourth-order valence-electron chi connectivity index (χ4n) is 2.37. The second-order valence-electron chi connectivity index (χ2n) is 5.52. The number of thiophene rings is 1. The van der Waals surface area contributed by atoms with Gasteiger partial charge in [0.25, 0.3) is 0 Å². The van der Waals surface area contributed by atoms with Crippen molar-refractivity contribution in [3.8, 4) is 9.88 Å². The number of carbonyl (C=O) groups is 1. The first-order valence-corrected chi connectivity index (χ1v) is 11.4. The Morgan fingerprint density at radius 1 is 1.15 bits per heavy atom. The molecule has 3 heterocycles. The van der Waals surface area contributed by atoms with Gasteiger partial charge in [-0.1, -0.05) is 30.0 Å². The zero-order valence-electron chi connectivity index (χ0n) is 13.9. The molecule has 1 aromatic carbocycles. The summed E-state index contributed by atoms with van der Waals surface area (Å²) in [5.41, 5.74) is 1.97. The third-order valence-electron chi connectivity index (χ3n) is 3.67. The molecule has 3 aromatic heterocycles. The van der Waals surface area contributed by atoms with E-state index in [0.29, 0.717) is 12.3 Å². The molecule has 26 heavy (non-hydrogen) atoms. The van der Waals surface area contributed by atoms with E-state index in [2.05, 4.69) is 27.4 Å². The molecule has 132 valence electrons. The Bertz CT molecular complexity index is 1000. The van der Waals surface area contributed by atoms with Crippen LogP contribution in [0.15, 0.2) is 46.1 Å². The molecule has 0 aliphatic rings. The van der Waals surface area contributed by atoms with Crippen LogP contribution in [0.25, 0.3) is 20.1 Å². The predicted molar refractivity (Wildman–Crippen MR) is 112 cm³/mol. The number of nitrogens with one attached hydrogen (secondary N) is 1. The van der Waals surface area contributed by atoms with Gasteiger partial charge < -0.3 is 5.32 Å². The molecular weight excluding hydrogens is 402 g/mol. The number of aromatic nitrogens is 2. The fourth-order valence-corrected chi connectivity index (χ4v) is 6.06. The van der Waals surface area contributed by atoms with Crippen LogP contribution in [-0.4, -0.2) is 21.6 Å². The molecule has 1 N–H and O–H groups in total. The van der Waals surface area contributed by atoms with E-state index in [1.807, 2.05) is 36.6 Å². The molecule has 0 aliphatic carbocycles. The maximum Gasteiger partial charge on any atom is 0.230 e. The number of thioether (sulfide) groups is 1. The molecule has 8 heteroatoms. The molecule has 0 bridgehead atoms. The summed E-state index contributed by atoms with van der Waals surface area (Å²) in [5, 5.41) is 6.06. The third kappa shape index (κ3) is 3.98. The maximum absolute atomic E-state index is 12.2. The number of thiazole rings is 2. The Balaban J connectivity index is 1.32. The largest absolute Gasteiger partial charge is 0.350 e. The van der Waals surface area contributed by atoms with Crippen LogP contribution in [0.1, 0.15) is 10.6 Å². The van der Waals surface area contributed by atoms with Crippen LogP contribution in [0.2, 0.25) is 0 Å². The van der Waals surface area contributed by atoms with Gasteiger partial charge in [-0.15, -0.1) is 34.0 Å². The summed E-state index contributed by atoms with van der Waals surface area (Å²) >= 11 is 6.43. The zero-order chi connectivity index (χ0) is 17.9. The Kier molecular flexibility index (Phi) is 5.35. The first kappa shape index (κ1) is 17.7. The number of para-hydroxylation sites is 1. The molecule has 0 saturated heterocycles. The second kappa shape index (κ2) is 7.87. The molecule has 0 saturated carbocycles. The van der Waals surface area contributed by atoms with Crippen molar-refractivity contribution in [3.63, 3.8) is 0 Å². The highest BCUT2D eigenvalue weighted by Gasteiger charge is 2.12. The summed E-state index contributed by atoms with van der Waals surface area (Å²) in [5.74, 6) is 0.384. The number of carbonyl (C=O) groups excluding carboxylic acids is 1. The van der Waals surface area contributed by atoms with Gasteiger partial charge in [0.05, 0.1) is 33.1 Å². The Labute approximate surface area is 167 Å². The summed E-state index contributed by atoms with van der Waals surface area (Å²) in [7, 11) is 0. The van der Waals surface area contributed by atoms with Crippen LogP contribution in [0.3, 0.4) is 0 Å². The lowest BCUT2D eigenvalue weighted by atomic mass is 10.3. The summed E-state index contributed by atoms with van der Waals surface area (Å²) < 4.78 is 2.08. The van der Waals surface area contributed by atoms with E-state index in [1.54, 1.807) is 34.0 Å². The van der Waals surface area contributed by atoms with Gasteiger partial charge in [-0.3, -0.25) is 4.79 Å². The quantitative estimate of drug-likeness (QED) is 0.438. The van der Waals surface area contributed by atoms with Gasteiger partial charge in [0.1, 0.15) is 5.01 Å². The normalized spacial score (nSPS) is 11.1. The first-order valence-electron chi connectivity index (χ1n) is 7.94. The number of aryl methyl sites for hydroxylation is 1.